The number of pyridine rings is 1. The average molecular weight is 418 g/mol. The van der Waals surface area contributed by atoms with E-state index in [1.54, 1.807) is 6.92 Å². The molecule has 1 heterocycles. The highest BCUT2D eigenvalue weighted by Crippen LogP contribution is 2.34. The zero-order chi connectivity index (χ0) is 18.8. The van der Waals surface area contributed by atoms with Crippen LogP contribution >= 0.6 is 15.9 Å². The average Bonchev–Trinajstić information content (AvgIpc) is 2.47. The summed E-state index contributed by atoms with van der Waals surface area (Å²) in [5, 5.41) is 9.24. The molecule has 4 nitrogen and oxygen atoms in total. The van der Waals surface area contributed by atoms with Gasteiger partial charge in [0.1, 0.15) is 26.4 Å². The first-order valence-electron chi connectivity index (χ1n) is 7.74. The lowest BCUT2D eigenvalue weighted by Crippen LogP contribution is -2.51. The van der Waals surface area contributed by atoms with Crippen molar-refractivity contribution in [1.29, 1.82) is 5.26 Å². The molecule has 0 aliphatic heterocycles. The highest BCUT2D eigenvalue weighted by Gasteiger charge is 2.40. The Balaban J connectivity index is 3.25. The van der Waals surface area contributed by atoms with Gasteiger partial charge in [-0.2, -0.15) is 5.26 Å². The molecule has 0 fully saturated rings. The molecule has 2 atom stereocenters. The third-order valence-corrected chi connectivity index (χ3v) is 5.95. The van der Waals surface area contributed by atoms with Crippen LogP contribution in [0.25, 0.3) is 0 Å². The molecule has 0 aliphatic carbocycles. The van der Waals surface area contributed by atoms with Gasteiger partial charge in [0.05, 0.1) is 11.5 Å². The van der Waals surface area contributed by atoms with E-state index in [0.717, 1.165) is 0 Å². The molecule has 1 aromatic heterocycles. The Morgan fingerprint density at radius 3 is 2.33 bits per heavy atom. The maximum atomic E-state index is 14.4. The van der Waals surface area contributed by atoms with Crippen molar-refractivity contribution in [2.75, 3.05) is 0 Å². The monoisotopic (exact) mass is 417 g/mol. The number of nitrogens with zero attached hydrogens (tertiary/aromatic N) is 2. The number of nitrogens with one attached hydrogen (secondary N) is 1. The molecule has 0 bridgehead atoms. The maximum absolute atomic E-state index is 14.4. The Morgan fingerprint density at radius 1 is 1.25 bits per heavy atom. The Hall–Kier alpha value is -0.680. The molecule has 1 rings (SSSR count). The third kappa shape index (κ3) is 5.69. The molecule has 0 spiro atoms. The molecule has 0 saturated carbocycles. The van der Waals surface area contributed by atoms with Gasteiger partial charge in [-0.15, -0.1) is 4.72 Å². The van der Waals surface area contributed by atoms with Crippen molar-refractivity contribution in [3.63, 3.8) is 0 Å². The van der Waals surface area contributed by atoms with Crippen LogP contribution in [0.1, 0.15) is 60.1 Å². The predicted octanol–water partition coefficient (Wildman–Crippen LogP) is 4.58. The van der Waals surface area contributed by atoms with E-state index in [1.807, 2.05) is 34.6 Å². The highest BCUT2D eigenvalue weighted by atomic mass is 79.9. The van der Waals surface area contributed by atoms with Crippen LogP contribution < -0.4 is 4.72 Å². The molecule has 134 valence electrons. The van der Waals surface area contributed by atoms with E-state index < -0.39 is 32.9 Å². The van der Waals surface area contributed by atoms with Crippen LogP contribution in [0.4, 0.5) is 4.39 Å². The van der Waals surface area contributed by atoms with E-state index in [-0.39, 0.29) is 5.69 Å². The summed E-state index contributed by atoms with van der Waals surface area (Å²) in [6.45, 7) is 11.0. The number of rotatable bonds is 6. The van der Waals surface area contributed by atoms with Gasteiger partial charge in [0.25, 0.3) is 0 Å². The number of aromatic nitrogens is 1. The fraction of sp³-hybridized carbons (Fsp3) is 0.647. The number of hydrogen-bond acceptors (Lipinski definition) is 4. The number of halogens is 2. The third-order valence-electron chi connectivity index (χ3n) is 3.76. The molecular weight excluding hydrogens is 393 g/mol. The zero-order valence-electron chi connectivity index (χ0n) is 15.0. The Morgan fingerprint density at radius 2 is 1.83 bits per heavy atom. The van der Waals surface area contributed by atoms with Gasteiger partial charge in [0, 0.05) is 11.4 Å². The summed E-state index contributed by atoms with van der Waals surface area (Å²) in [7, 11) is 0. The minimum atomic E-state index is -1.41. The lowest BCUT2D eigenvalue weighted by atomic mass is 9.82. The molecule has 0 saturated heterocycles. The van der Waals surface area contributed by atoms with Crippen molar-refractivity contribution >= 4 is 27.3 Å². The smallest absolute Gasteiger partial charge is 0.146 e. The zero-order valence-corrected chi connectivity index (χ0v) is 17.4. The second-order valence-electron chi connectivity index (χ2n) is 7.78. The maximum Gasteiger partial charge on any atom is 0.146 e. The summed E-state index contributed by atoms with van der Waals surface area (Å²) in [5.74, 6) is -0.464. The van der Waals surface area contributed by atoms with Gasteiger partial charge >= 0.3 is 0 Å². The number of nitriles is 1. The highest BCUT2D eigenvalue weighted by molar-refractivity contribution is 9.10. The molecule has 1 N–H and O–H groups in total. The van der Waals surface area contributed by atoms with Gasteiger partial charge in [0.15, 0.2) is 0 Å². The van der Waals surface area contributed by atoms with Crippen molar-refractivity contribution in [1.82, 2.24) is 9.71 Å². The molecular formula is C17H25BrFN3OS. The molecule has 7 heteroatoms. The summed E-state index contributed by atoms with van der Waals surface area (Å²) in [4.78, 5) is 4.27. The van der Waals surface area contributed by atoms with Crippen LogP contribution in [0.2, 0.25) is 0 Å². The van der Waals surface area contributed by atoms with Crippen LogP contribution in [-0.2, 0) is 16.9 Å². The standard InChI is InChI=1S/C17H25BrFN3OS/c1-15(2,3)24(23)22-17(6,10-9-16(4,5)11-20)14-12(19)7-8-13(18)21-14/h7-8,22H,9-10H2,1-6H3/t17?,24-/m1/s1. The normalized spacial score (nSPS) is 16.3. The van der Waals surface area contributed by atoms with Crippen molar-refractivity contribution in [2.24, 2.45) is 5.41 Å². The second-order valence-corrected chi connectivity index (χ2v) is 10.6. The fourth-order valence-electron chi connectivity index (χ4n) is 2.00. The number of hydrogen-bond donors (Lipinski definition) is 1. The van der Waals surface area contributed by atoms with Crippen molar-refractivity contribution in [3.8, 4) is 6.07 Å². The van der Waals surface area contributed by atoms with Gasteiger partial charge < -0.3 is 4.55 Å². The van der Waals surface area contributed by atoms with Gasteiger partial charge in [-0.05, 0) is 82.4 Å². The van der Waals surface area contributed by atoms with Crippen LogP contribution in [0.3, 0.4) is 0 Å². The molecule has 1 unspecified atom stereocenters. The minimum absolute atomic E-state index is 0.197. The fourth-order valence-corrected chi connectivity index (χ4v) is 3.22. The van der Waals surface area contributed by atoms with Crippen molar-refractivity contribution in [3.05, 3.63) is 28.2 Å². The summed E-state index contributed by atoms with van der Waals surface area (Å²) < 4.78 is 30.1. The minimum Gasteiger partial charge on any atom is -0.598 e. The first-order valence-corrected chi connectivity index (χ1v) is 9.68. The topological polar surface area (TPSA) is 71.8 Å². The van der Waals surface area contributed by atoms with Crippen molar-refractivity contribution < 1.29 is 8.94 Å². The Kier molecular flexibility index (Phi) is 6.85. The quantitative estimate of drug-likeness (QED) is 0.542. The molecule has 24 heavy (non-hydrogen) atoms. The van der Waals surface area contributed by atoms with Gasteiger partial charge in [-0.25, -0.2) is 9.37 Å². The first kappa shape index (κ1) is 21.4. The van der Waals surface area contributed by atoms with Crippen LogP contribution in [-0.4, -0.2) is 14.3 Å². The molecule has 0 aliphatic rings. The van der Waals surface area contributed by atoms with E-state index >= 15 is 0 Å². The molecule has 0 radical (unpaired) electrons. The molecule has 0 aromatic carbocycles. The summed E-state index contributed by atoms with van der Waals surface area (Å²) in [6.07, 6.45) is 0.942. The lowest BCUT2D eigenvalue weighted by molar-refractivity contribution is 0.306. The van der Waals surface area contributed by atoms with Gasteiger partial charge in [-0.3, -0.25) is 0 Å². The molecule has 1 aromatic rings. The van der Waals surface area contributed by atoms with Crippen LogP contribution in [0, 0.1) is 22.6 Å². The summed E-state index contributed by atoms with van der Waals surface area (Å²) in [5.41, 5.74) is -1.32. The van der Waals surface area contributed by atoms with Crippen molar-refractivity contribution in [2.45, 2.75) is 64.7 Å². The second kappa shape index (κ2) is 7.69. The van der Waals surface area contributed by atoms with Crippen LogP contribution in [0.15, 0.2) is 16.7 Å². The van der Waals surface area contributed by atoms with E-state index in [4.69, 9.17) is 0 Å². The Labute approximate surface area is 155 Å². The predicted molar refractivity (Wildman–Crippen MR) is 98.9 cm³/mol. The Bertz CT molecular complexity index is 627. The van der Waals surface area contributed by atoms with Crippen LogP contribution in [0.5, 0.6) is 0 Å². The van der Waals surface area contributed by atoms with E-state index in [2.05, 4.69) is 31.7 Å². The van der Waals surface area contributed by atoms with E-state index in [0.29, 0.717) is 17.4 Å². The van der Waals surface area contributed by atoms with E-state index in [9.17, 15) is 14.2 Å². The molecule has 0 amide bonds. The van der Waals surface area contributed by atoms with Gasteiger partial charge in [-0.1, -0.05) is 0 Å². The summed E-state index contributed by atoms with van der Waals surface area (Å²) in [6, 6.07) is 5.11. The van der Waals surface area contributed by atoms with Gasteiger partial charge in [0.2, 0.25) is 0 Å². The van der Waals surface area contributed by atoms with E-state index in [1.165, 1.54) is 12.1 Å². The first-order chi connectivity index (χ1) is 10.8. The summed E-state index contributed by atoms with van der Waals surface area (Å²) >= 11 is 1.86. The largest absolute Gasteiger partial charge is 0.598 e. The lowest BCUT2D eigenvalue weighted by Gasteiger charge is -2.35. The SMILES string of the molecule is CC(C)(C#N)CCC(C)(N[S@+]([O-])C(C)(C)C)c1nc(Br)ccc1F.